The lowest BCUT2D eigenvalue weighted by Gasteiger charge is -1.98. The van der Waals surface area contributed by atoms with E-state index >= 15 is 0 Å². The van der Waals surface area contributed by atoms with Crippen molar-refractivity contribution in [3.05, 3.63) is 42.4 Å². The Kier molecular flexibility index (Phi) is 1.40. The average Bonchev–Trinajstić information content (AvgIpc) is 2.74. The molecule has 76 valence electrons. The van der Waals surface area contributed by atoms with Crippen molar-refractivity contribution >= 4 is 17.7 Å². The molecule has 6 nitrogen and oxygen atoms in total. The number of hydrogen-bond acceptors (Lipinski definition) is 6. The summed E-state index contributed by atoms with van der Waals surface area (Å²) in [5, 5.41) is 0. The van der Waals surface area contributed by atoms with Gasteiger partial charge in [-0.15, -0.1) is 0 Å². The lowest BCUT2D eigenvalue weighted by atomic mass is 10.0. The van der Waals surface area contributed by atoms with Crippen molar-refractivity contribution in [2.75, 3.05) is 0 Å². The van der Waals surface area contributed by atoms with Gasteiger partial charge in [0.05, 0.1) is 17.3 Å². The van der Waals surface area contributed by atoms with Crippen LogP contribution in [0.3, 0.4) is 0 Å². The highest BCUT2D eigenvalue weighted by molar-refractivity contribution is 6.40. The average molecular weight is 214 g/mol. The number of ketones is 1. The Bertz CT molecular complexity index is 781. The minimum Gasteiger partial charge on any atom is -0.289 e. The van der Waals surface area contributed by atoms with Gasteiger partial charge in [0.2, 0.25) is 5.78 Å². The SMILES string of the molecule is O=C1C=Nc2c3nc(=O)c(=O)c-3cc(=O)c21. The number of hydrogen-bond donors (Lipinski definition) is 0. The topological polar surface area (TPSA) is 93.5 Å². The summed E-state index contributed by atoms with van der Waals surface area (Å²) >= 11 is 0. The predicted octanol–water partition coefficient (Wildman–Crippen LogP) is -0.959. The molecule has 16 heavy (non-hydrogen) atoms. The van der Waals surface area contributed by atoms with Crippen LogP contribution in [0.15, 0.2) is 25.4 Å². The third kappa shape index (κ3) is 0.855. The van der Waals surface area contributed by atoms with Gasteiger partial charge in [0.1, 0.15) is 11.4 Å². The third-order valence-electron chi connectivity index (χ3n) is 2.45. The number of rotatable bonds is 0. The fraction of sp³-hybridized carbons (Fsp3) is 0. The van der Waals surface area contributed by atoms with Crippen molar-refractivity contribution in [3.8, 4) is 11.3 Å². The maximum Gasteiger partial charge on any atom is 0.318 e. The fourth-order valence-electron chi connectivity index (χ4n) is 1.74. The molecule has 2 aliphatic heterocycles. The molecule has 0 atom stereocenters. The summed E-state index contributed by atoms with van der Waals surface area (Å²) in [6, 6.07) is 0.970. The van der Waals surface area contributed by atoms with Crippen LogP contribution in [-0.2, 0) is 0 Å². The van der Waals surface area contributed by atoms with Gasteiger partial charge in [-0.1, -0.05) is 0 Å². The first-order chi connectivity index (χ1) is 7.59. The molecule has 0 unspecified atom stereocenters. The first kappa shape index (κ1) is 8.78. The van der Waals surface area contributed by atoms with Crippen LogP contribution in [0.25, 0.3) is 11.3 Å². The number of carbonyl (C=O) groups excluding carboxylic acids is 1. The Morgan fingerprint density at radius 1 is 1.06 bits per heavy atom. The van der Waals surface area contributed by atoms with Crippen LogP contribution in [0.5, 0.6) is 0 Å². The summed E-state index contributed by atoms with van der Waals surface area (Å²) in [7, 11) is 0. The number of nitrogens with zero attached hydrogens (tertiary/aromatic N) is 2. The molecular weight excluding hydrogens is 212 g/mol. The van der Waals surface area contributed by atoms with Crippen LogP contribution in [0, 0.1) is 0 Å². The second-order valence-electron chi connectivity index (χ2n) is 3.36. The van der Waals surface area contributed by atoms with Gasteiger partial charge in [-0.05, 0) is 6.07 Å². The molecule has 0 fully saturated rings. The molecule has 2 heterocycles. The van der Waals surface area contributed by atoms with Gasteiger partial charge in [-0.25, -0.2) is 9.98 Å². The Morgan fingerprint density at radius 2 is 1.81 bits per heavy atom. The standard InChI is InChI=1S/C10H2N2O4/c13-4-1-3-7(12-10(16)9(3)15)8-6(4)5(14)2-11-8/h1-2H. The van der Waals surface area contributed by atoms with Crippen molar-refractivity contribution in [2.45, 2.75) is 0 Å². The number of aliphatic imine (C=N–C) groups is 1. The number of Topliss-reactive ketones (excluding diaryl/α,β-unsaturated/α-hetero) is 1. The highest BCUT2D eigenvalue weighted by Gasteiger charge is 2.28. The highest BCUT2D eigenvalue weighted by Crippen LogP contribution is 2.31. The highest BCUT2D eigenvalue weighted by atomic mass is 16.2. The van der Waals surface area contributed by atoms with Gasteiger partial charge >= 0.3 is 5.56 Å². The van der Waals surface area contributed by atoms with Crippen LogP contribution in [0.1, 0.15) is 10.4 Å². The van der Waals surface area contributed by atoms with E-state index in [4.69, 9.17) is 0 Å². The summed E-state index contributed by atoms with van der Waals surface area (Å²) in [6.45, 7) is 0. The molecule has 0 aromatic heterocycles. The molecule has 0 aromatic carbocycles. The van der Waals surface area contributed by atoms with Gasteiger partial charge in [-0.3, -0.25) is 19.2 Å². The molecule has 3 rings (SSSR count). The summed E-state index contributed by atoms with van der Waals surface area (Å²) < 4.78 is 0. The zero-order valence-corrected chi connectivity index (χ0v) is 7.68. The zero-order chi connectivity index (χ0) is 11.4. The second kappa shape index (κ2) is 2.54. The maximum absolute atomic E-state index is 11.5. The van der Waals surface area contributed by atoms with E-state index < -0.39 is 22.2 Å². The minimum absolute atomic E-state index is 0.0340. The lowest BCUT2D eigenvalue weighted by molar-refractivity contribution is 0.107. The maximum atomic E-state index is 11.5. The van der Waals surface area contributed by atoms with E-state index in [2.05, 4.69) is 9.98 Å². The molecule has 0 bridgehead atoms. The van der Waals surface area contributed by atoms with Crippen LogP contribution in [0.4, 0.5) is 5.69 Å². The molecule has 3 aliphatic rings. The van der Waals surface area contributed by atoms with Crippen molar-refractivity contribution in [1.82, 2.24) is 4.98 Å². The van der Waals surface area contributed by atoms with Crippen molar-refractivity contribution < 1.29 is 4.79 Å². The third-order valence-corrected chi connectivity index (χ3v) is 2.45. The smallest absolute Gasteiger partial charge is 0.289 e. The molecule has 0 amide bonds. The summed E-state index contributed by atoms with van der Waals surface area (Å²) in [6.07, 6.45) is 0.981. The predicted molar refractivity (Wildman–Crippen MR) is 54.5 cm³/mol. The van der Waals surface area contributed by atoms with E-state index in [1.165, 1.54) is 0 Å². The van der Waals surface area contributed by atoms with Gasteiger partial charge in [0, 0.05) is 0 Å². The minimum atomic E-state index is -0.933. The molecule has 0 radical (unpaired) electrons. The normalized spacial score (nSPS) is 13.6. The first-order valence-corrected chi connectivity index (χ1v) is 4.36. The zero-order valence-electron chi connectivity index (χ0n) is 7.68. The molecule has 0 aromatic rings. The number of aromatic nitrogens is 1. The fourth-order valence-corrected chi connectivity index (χ4v) is 1.74. The summed E-state index contributed by atoms with van der Waals surface area (Å²) in [5.41, 5.74) is -2.49. The Hall–Kier alpha value is -2.50. The molecule has 1 aliphatic carbocycles. The van der Waals surface area contributed by atoms with Crippen molar-refractivity contribution in [1.29, 1.82) is 0 Å². The quantitative estimate of drug-likeness (QED) is 0.526. The lowest BCUT2D eigenvalue weighted by Crippen LogP contribution is -2.20. The number of fused-ring (bicyclic) bond motifs is 3. The van der Waals surface area contributed by atoms with E-state index in [1.807, 2.05) is 0 Å². The molecule has 0 saturated heterocycles. The molecular formula is C10H2N2O4. The van der Waals surface area contributed by atoms with Gasteiger partial charge < -0.3 is 0 Å². The Labute approximate surface area is 86.9 Å². The number of carbonyl (C=O) groups is 1. The molecule has 0 N–H and O–H groups in total. The van der Waals surface area contributed by atoms with E-state index in [1.54, 1.807) is 0 Å². The Morgan fingerprint density at radius 3 is 2.56 bits per heavy atom. The second-order valence-corrected chi connectivity index (χ2v) is 3.36. The van der Waals surface area contributed by atoms with Crippen LogP contribution < -0.4 is 16.4 Å². The summed E-state index contributed by atoms with van der Waals surface area (Å²) in [4.78, 5) is 52.4. The van der Waals surface area contributed by atoms with Gasteiger partial charge in [0.25, 0.3) is 5.43 Å². The monoisotopic (exact) mass is 214 g/mol. The van der Waals surface area contributed by atoms with Crippen LogP contribution in [0.2, 0.25) is 0 Å². The number of benzene rings is 1. The van der Waals surface area contributed by atoms with Gasteiger partial charge in [0.15, 0.2) is 5.43 Å². The van der Waals surface area contributed by atoms with E-state index in [-0.39, 0.29) is 22.5 Å². The van der Waals surface area contributed by atoms with Gasteiger partial charge in [-0.2, -0.15) is 0 Å². The molecule has 6 heteroatoms. The van der Waals surface area contributed by atoms with Crippen molar-refractivity contribution in [2.24, 2.45) is 4.99 Å². The van der Waals surface area contributed by atoms with Crippen molar-refractivity contribution in [3.63, 3.8) is 0 Å². The van der Waals surface area contributed by atoms with Crippen LogP contribution in [-0.4, -0.2) is 17.0 Å². The molecule has 0 spiro atoms. The van der Waals surface area contributed by atoms with E-state index in [0.717, 1.165) is 12.3 Å². The first-order valence-electron chi connectivity index (χ1n) is 4.36. The van der Waals surface area contributed by atoms with E-state index in [0.29, 0.717) is 0 Å². The van der Waals surface area contributed by atoms with Crippen LogP contribution >= 0.6 is 0 Å². The largest absolute Gasteiger partial charge is 0.318 e. The van der Waals surface area contributed by atoms with E-state index in [9.17, 15) is 19.2 Å². The molecule has 0 saturated carbocycles. The Balaban J connectivity index is 2.64. The summed E-state index contributed by atoms with van der Waals surface area (Å²) in [5.74, 6) is -0.523.